The van der Waals surface area contributed by atoms with E-state index in [0.29, 0.717) is 23.4 Å². The van der Waals surface area contributed by atoms with E-state index in [2.05, 4.69) is 13.8 Å². The third kappa shape index (κ3) is 3.92. The SMILES string of the molecule is CCOC(=O)[C@@H]1C(=O)N(CCC(C)C)c2nc3ccccc3n2[C@@H]1c1ccc(Cl)cc1. The van der Waals surface area contributed by atoms with Gasteiger partial charge in [-0.1, -0.05) is 49.7 Å². The van der Waals surface area contributed by atoms with Gasteiger partial charge in [-0.3, -0.25) is 14.5 Å². The van der Waals surface area contributed by atoms with Gasteiger partial charge in [0.1, 0.15) is 0 Å². The second-order valence-corrected chi connectivity index (χ2v) is 8.61. The summed E-state index contributed by atoms with van der Waals surface area (Å²) in [4.78, 5) is 33.2. The molecule has 1 amide bonds. The molecule has 4 rings (SSSR count). The summed E-state index contributed by atoms with van der Waals surface area (Å²) < 4.78 is 7.36. The minimum absolute atomic E-state index is 0.208. The summed E-state index contributed by atoms with van der Waals surface area (Å²) in [5, 5.41) is 0.591. The number of benzene rings is 2. The van der Waals surface area contributed by atoms with Gasteiger partial charge in [0.2, 0.25) is 11.9 Å². The molecular weight excluding hydrogens is 414 g/mol. The zero-order valence-corrected chi connectivity index (χ0v) is 18.7. The van der Waals surface area contributed by atoms with Gasteiger partial charge in [-0.15, -0.1) is 0 Å². The topological polar surface area (TPSA) is 64.4 Å². The molecule has 1 aliphatic rings. The first kappa shape index (κ1) is 21.4. The lowest BCUT2D eigenvalue weighted by Crippen LogP contribution is -2.50. The standard InChI is InChI=1S/C24H26ClN3O3/c1-4-31-23(30)20-21(16-9-11-17(25)12-10-16)28-19-8-6-5-7-18(19)26-24(28)27(22(20)29)14-13-15(2)3/h5-12,15,20-21H,4,13-14H2,1-3H3/t20-,21+/m0/s1. The van der Waals surface area contributed by atoms with E-state index in [1.54, 1.807) is 24.0 Å². The summed E-state index contributed by atoms with van der Waals surface area (Å²) in [5.74, 6) is -0.835. The maximum Gasteiger partial charge on any atom is 0.321 e. The molecule has 1 aromatic heterocycles. The quantitative estimate of drug-likeness (QED) is 0.406. The number of esters is 1. The highest BCUT2D eigenvalue weighted by molar-refractivity contribution is 6.30. The fourth-order valence-electron chi connectivity index (χ4n) is 4.11. The van der Waals surface area contributed by atoms with E-state index in [-0.39, 0.29) is 12.5 Å². The highest BCUT2D eigenvalue weighted by Gasteiger charge is 2.47. The van der Waals surface area contributed by atoms with Crippen LogP contribution in [0.5, 0.6) is 0 Å². The van der Waals surface area contributed by atoms with Crippen LogP contribution < -0.4 is 4.90 Å². The smallest absolute Gasteiger partial charge is 0.321 e. The number of anilines is 1. The summed E-state index contributed by atoms with van der Waals surface area (Å²) in [7, 11) is 0. The molecule has 0 saturated heterocycles. The number of carbonyl (C=O) groups excluding carboxylic acids is 2. The molecule has 7 heteroatoms. The Morgan fingerprint density at radius 3 is 2.55 bits per heavy atom. The van der Waals surface area contributed by atoms with Gasteiger partial charge in [0.15, 0.2) is 5.92 Å². The predicted molar refractivity (Wildman–Crippen MR) is 121 cm³/mol. The number of imidazole rings is 1. The maximum atomic E-state index is 13.7. The van der Waals surface area contributed by atoms with Crippen LogP contribution in [0.4, 0.5) is 5.95 Å². The molecule has 31 heavy (non-hydrogen) atoms. The lowest BCUT2D eigenvalue weighted by Gasteiger charge is -2.38. The van der Waals surface area contributed by atoms with Crippen LogP contribution in [0, 0.1) is 11.8 Å². The van der Waals surface area contributed by atoms with E-state index in [1.165, 1.54) is 0 Å². The molecule has 1 aliphatic heterocycles. The predicted octanol–water partition coefficient (Wildman–Crippen LogP) is 4.85. The number of ether oxygens (including phenoxy) is 1. The molecule has 162 valence electrons. The molecule has 0 bridgehead atoms. The molecule has 6 nitrogen and oxygen atoms in total. The number of nitrogens with zero attached hydrogens (tertiary/aromatic N) is 3. The summed E-state index contributed by atoms with van der Waals surface area (Å²) in [6, 6.07) is 14.4. The average Bonchev–Trinajstić information content (AvgIpc) is 3.12. The van der Waals surface area contributed by atoms with E-state index in [4.69, 9.17) is 21.3 Å². The minimum atomic E-state index is -1.00. The van der Waals surface area contributed by atoms with Gasteiger partial charge in [0.25, 0.3) is 0 Å². The van der Waals surface area contributed by atoms with Crippen molar-refractivity contribution in [2.75, 3.05) is 18.1 Å². The number of halogens is 1. The van der Waals surface area contributed by atoms with E-state index in [9.17, 15) is 9.59 Å². The van der Waals surface area contributed by atoms with Crippen molar-refractivity contribution in [2.24, 2.45) is 11.8 Å². The zero-order chi connectivity index (χ0) is 22.1. The molecule has 0 spiro atoms. The van der Waals surface area contributed by atoms with Crippen molar-refractivity contribution in [3.63, 3.8) is 0 Å². The third-order valence-corrected chi connectivity index (χ3v) is 5.88. The van der Waals surface area contributed by atoms with Crippen molar-refractivity contribution in [2.45, 2.75) is 33.2 Å². The largest absolute Gasteiger partial charge is 0.465 e. The Bertz CT molecular complexity index is 1110. The number of carbonyl (C=O) groups is 2. The molecule has 2 heterocycles. The van der Waals surface area contributed by atoms with Crippen LogP contribution in [0.25, 0.3) is 11.0 Å². The van der Waals surface area contributed by atoms with E-state index in [1.807, 2.05) is 41.0 Å². The van der Waals surface area contributed by atoms with Gasteiger partial charge in [-0.25, -0.2) is 4.98 Å². The second-order valence-electron chi connectivity index (χ2n) is 8.17. The number of fused-ring (bicyclic) bond motifs is 3. The van der Waals surface area contributed by atoms with Gasteiger partial charge < -0.3 is 9.30 Å². The fourth-order valence-corrected chi connectivity index (χ4v) is 4.23. The van der Waals surface area contributed by atoms with Gasteiger partial charge in [-0.2, -0.15) is 0 Å². The first-order valence-electron chi connectivity index (χ1n) is 10.6. The van der Waals surface area contributed by atoms with Crippen molar-refractivity contribution >= 4 is 40.5 Å². The molecule has 0 radical (unpaired) electrons. The Morgan fingerprint density at radius 1 is 1.16 bits per heavy atom. The van der Waals surface area contributed by atoms with Crippen LogP contribution in [0.3, 0.4) is 0 Å². The summed E-state index contributed by atoms with van der Waals surface area (Å²) in [6.07, 6.45) is 0.802. The molecule has 2 aromatic carbocycles. The average molecular weight is 440 g/mol. The van der Waals surface area contributed by atoms with Crippen molar-refractivity contribution < 1.29 is 14.3 Å². The molecule has 0 fully saturated rings. The van der Waals surface area contributed by atoms with Crippen LogP contribution in [0.15, 0.2) is 48.5 Å². The van der Waals surface area contributed by atoms with Gasteiger partial charge in [-0.05, 0) is 49.1 Å². The molecule has 3 aromatic rings. The molecular formula is C24H26ClN3O3. The number of aromatic nitrogens is 2. The lowest BCUT2D eigenvalue weighted by molar-refractivity contribution is -0.153. The lowest BCUT2D eigenvalue weighted by atomic mass is 9.89. The van der Waals surface area contributed by atoms with Crippen molar-refractivity contribution in [3.8, 4) is 0 Å². The highest BCUT2D eigenvalue weighted by atomic mass is 35.5. The normalized spacial score (nSPS) is 18.5. The Hall–Kier alpha value is -2.86. The molecule has 0 unspecified atom stereocenters. The molecule has 0 saturated carbocycles. The van der Waals surface area contributed by atoms with Crippen molar-refractivity contribution in [1.29, 1.82) is 0 Å². The monoisotopic (exact) mass is 439 g/mol. The minimum Gasteiger partial charge on any atom is -0.465 e. The van der Waals surface area contributed by atoms with E-state index in [0.717, 1.165) is 23.0 Å². The Labute approximate surface area is 186 Å². The number of para-hydroxylation sites is 2. The second kappa shape index (κ2) is 8.71. The van der Waals surface area contributed by atoms with Crippen LogP contribution in [0.1, 0.15) is 38.8 Å². The first-order chi connectivity index (χ1) is 14.9. The van der Waals surface area contributed by atoms with Gasteiger partial charge in [0, 0.05) is 11.6 Å². The first-order valence-corrected chi connectivity index (χ1v) is 11.0. The van der Waals surface area contributed by atoms with Crippen molar-refractivity contribution in [1.82, 2.24) is 9.55 Å². The maximum absolute atomic E-state index is 13.7. The number of hydrogen-bond donors (Lipinski definition) is 0. The number of rotatable bonds is 6. The highest BCUT2D eigenvalue weighted by Crippen LogP contribution is 2.41. The van der Waals surface area contributed by atoms with Crippen LogP contribution in [0.2, 0.25) is 5.02 Å². The van der Waals surface area contributed by atoms with Crippen molar-refractivity contribution in [3.05, 3.63) is 59.1 Å². The molecule has 0 N–H and O–H groups in total. The fraction of sp³-hybridized carbons (Fsp3) is 0.375. The Balaban J connectivity index is 1.95. The van der Waals surface area contributed by atoms with Crippen LogP contribution in [-0.4, -0.2) is 34.6 Å². The van der Waals surface area contributed by atoms with E-state index < -0.39 is 17.9 Å². The zero-order valence-electron chi connectivity index (χ0n) is 17.9. The number of hydrogen-bond acceptors (Lipinski definition) is 4. The van der Waals surface area contributed by atoms with Crippen LogP contribution >= 0.6 is 11.6 Å². The van der Waals surface area contributed by atoms with Gasteiger partial charge in [0.05, 0.1) is 23.7 Å². The number of amides is 1. The Morgan fingerprint density at radius 2 is 1.87 bits per heavy atom. The molecule has 0 aliphatic carbocycles. The Kier molecular flexibility index (Phi) is 6.01. The van der Waals surface area contributed by atoms with Crippen LogP contribution in [-0.2, 0) is 14.3 Å². The van der Waals surface area contributed by atoms with Gasteiger partial charge >= 0.3 is 5.97 Å². The third-order valence-electron chi connectivity index (χ3n) is 5.63. The summed E-state index contributed by atoms with van der Waals surface area (Å²) >= 11 is 6.11. The van der Waals surface area contributed by atoms with E-state index >= 15 is 0 Å². The summed E-state index contributed by atoms with van der Waals surface area (Å²) in [6.45, 7) is 6.66. The summed E-state index contributed by atoms with van der Waals surface area (Å²) in [5.41, 5.74) is 2.46. The molecule has 2 atom stereocenters.